The van der Waals surface area contributed by atoms with Crippen molar-refractivity contribution in [3.63, 3.8) is 0 Å². The average Bonchev–Trinajstić information content (AvgIpc) is 2.59. The molecule has 4 nitrogen and oxygen atoms in total. The van der Waals surface area contributed by atoms with Crippen LogP contribution < -0.4 is 11.1 Å². The molecule has 0 atom stereocenters. The molecule has 0 unspecified atom stereocenters. The van der Waals surface area contributed by atoms with E-state index in [-0.39, 0.29) is 11.4 Å². The number of anilines is 1. The average molecular weight is 323 g/mol. The van der Waals surface area contributed by atoms with E-state index in [0.717, 1.165) is 19.5 Å². The minimum atomic E-state index is -0.108. The summed E-state index contributed by atoms with van der Waals surface area (Å²) >= 11 is 0. The number of hydrogen-bond donors (Lipinski definition) is 2. The van der Waals surface area contributed by atoms with Crippen LogP contribution in [0.15, 0.2) is 48.5 Å². The van der Waals surface area contributed by atoms with Crippen molar-refractivity contribution in [2.75, 3.05) is 18.8 Å². The number of fused-ring (bicyclic) bond motifs is 1. The van der Waals surface area contributed by atoms with Gasteiger partial charge in [-0.3, -0.25) is 9.69 Å². The number of rotatable bonds is 4. The highest BCUT2D eigenvalue weighted by atomic mass is 16.1. The van der Waals surface area contributed by atoms with E-state index in [1.807, 2.05) is 0 Å². The summed E-state index contributed by atoms with van der Waals surface area (Å²) in [4.78, 5) is 14.8. The number of amides is 1. The molecule has 1 aliphatic heterocycles. The lowest BCUT2D eigenvalue weighted by molar-refractivity contribution is 0.0826. The van der Waals surface area contributed by atoms with Crippen molar-refractivity contribution in [2.45, 2.75) is 32.4 Å². The van der Waals surface area contributed by atoms with Crippen molar-refractivity contribution in [3.05, 3.63) is 65.2 Å². The van der Waals surface area contributed by atoms with Crippen molar-refractivity contribution in [1.29, 1.82) is 0 Å². The maximum Gasteiger partial charge on any atom is 0.251 e. The number of hydrogen-bond acceptors (Lipinski definition) is 3. The Morgan fingerprint density at radius 1 is 1.17 bits per heavy atom. The summed E-state index contributed by atoms with van der Waals surface area (Å²) in [5.74, 6) is -0.0761. The Kier molecular flexibility index (Phi) is 4.58. The van der Waals surface area contributed by atoms with Gasteiger partial charge in [0.1, 0.15) is 0 Å². The van der Waals surface area contributed by atoms with Crippen LogP contribution in [0.3, 0.4) is 0 Å². The van der Waals surface area contributed by atoms with Gasteiger partial charge in [0.2, 0.25) is 0 Å². The van der Waals surface area contributed by atoms with Crippen LogP contribution >= 0.6 is 0 Å². The maximum atomic E-state index is 12.3. The van der Waals surface area contributed by atoms with Crippen molar-refractivity contribution in [3.8, 4) is 0 Å². The van der Waals surface area contributed by atoms with E-state index in [1.165, 1.54) is 11.1 Å². The molecule has 0 aliphatic carbocycles. The summed E-state index contributed by atoms with van der Waals surface area (Å²) in [5, 5.41) is 3.05. The normalized spacial score (nSPS) is 14.9. The summed E-state index contributed by atoms with van der Waals surface area (Å²) in [6, 6.07) is 15.7. The molecule has 2 aromatic rings. The number of nitrogen functional groups attached to an aromatic ring is 1. The molecule has 24 heavy (non-hydrogen) atoms. The second-order valence-electron chi connectivity index (χ2n) is 7.06. The first kappa shape index (κ1) is 16.5. The van der Waals surface area contributed by atoms with E-state index in [9.17, 15) is 4.79 Å². The molecule has 0 aromatic heterocycles. The van der Waals surface area contributed by atoms with Crippen molar-refractivity contribution < 1.29 is 4.79 Å². The van der Waals surface area contributed by atoms with Crippen molar-refractivity contribution in [1.82, 2.24) is 10.2 Å². The van der Waals surface area contributed by atoms with E-state index in [4.69, 9.17) is 5.73 Å². The molecule has 0 radical (unpaired) electrons. The number of carbonyl (C=O) groups excluding carboxylic acids is 1. The lowest BCUT2D eigenvalue weighted by atomic mass is 9.94. The van der Waals surface area contributed by atoms with Gasteiger partial charge >= 0.3 is 0 Å². The molecular weight excluding hydrogens is 298 g/mol. The molecule has 1 heterocycles. The zero-order valence-corrected chi connectivity index (χ0v) is 14.4. The van der Waals surface area contributed by atoms with Gasteiger partial charge in [-0.25, -0.2) is 0 Å². The molecule has 0 saturated carbocycles. The Hall–Kier alpha value is -2.33. The molecule has 3 N–H and O–H groups in total. The van der Waals surface area contributed by atoms with Crippen molar-refractivity contribution >= 4 is 11.6 Å². The predicted octanol–water partition coefficient (Wildman–Crippen LogP) is 2.84. The Morgan fingerprint density at radius 2 is 1.92 bits per heavy atom. The molecule has 1 amide bonds. The smallest absolute Gasteiger partial charge is 0.251 e. The number of nitrogens with zero attached hydrogens (tertiary/aromatic N) is 1. The second-order valence-corrected chi connectivity index (χ2v) is 7.06. The number of carbonyl (C=O) groups is 1. The van der Waals surface area contributed by atoms with Gasteiger partial charge in [-0.2, -0.15) is 0 Å². The summed E-state index contributed by atoms with van der Waals surface area (Å²) in [7, 11) is 0. The highest BCUT2D eigenvalue weighted by Gasteiger charge is 2.30. The van der Waals surface area contributed by atoms with E-state index in [2.05, 4.69) is 48.3 Å². The lowest BCUT2D eigenvalue weighted by Gasteiger charge is -2.41. The van der Waals surface area contributed by atoms with E-state index >= 15 is 0 Å². The van der Waals surface area contributed by atoms with Crippen LogP contribution in [0.25, 0.3) is 0 Å². The first-order valence-electron chi connectivity index (χ1n) is 8.41. The Bertz CT molecular complexity index is 739. The van der Waals surface area contributed by atoms with Gasteiger partial charge in [-0.15, -0.1) is 0 Å². The van der Waals surface area contributed by atoms with Gasteiger partial charge in [0.15, 0.2) is 0 Å². The summed E-state index contributed by atoms with van der Waals surface area (Å²) < 4.78 is 0. The largest absolute Gasteiger partial charge is 0.399 e. The lowest BCUT2D eigenvalue weighted by Crippen LogP contribution is -2.53. The van der Waals surface area contributed by atoms with Gasteiger partial charge in [0.05, 0.1) is 0 Å². The molecule has 0 spiro atoms. The molecule has 3 rings (SSSR count). The molecule has 4 heteroatoms. The molecular formula is C20H25N3O. The minimum absolute atomic E-state index is 0.0761. The minimum Gasteiger partial charge on any atom is -0.399 e. The highest BCUT2D eigenvalue weighted by molar-refractivity contribution is 5.95. The zero-order chi connectivity index (χ0) is 17.2. The van der Waals surface area contributed by atoms with Crippen LogP contribution in [0.2, 0.25) is 0 Å². The Morgan fingerprint density at radius 3 is 2.67 bits per heavy atom. The van der Waals surface area contributed by atoms with Crippen LogP contribution in [0, 0.1) is 0 Å². The SMILES string of the molecule is CC(C)(CNC(=O)c1cccc(N)c1)N1CCc2ccccc2C1. The van der Waals surface area contributed by atoms with Gasteiger partial charge in [0.25, 0.3) is 5.91 Å². The van der Waals surface area contributed by atoms with Crippen LogP contribution in [0.4, 0.5) is 5.69 Å². The van der Waals surface area contributed by atoms with Crippen molar-refractivity contribution in [2.24, 2.45) is 0 Å². The Labute approximate surface area is 143 Å². The topological polar surface area (TPSA) is 58.4 Å². The molecule has 0 fully saturated rings. The van der Waals surface area contributed by atoms with Gasteiger partial charge in [-0.05, 0) is 49.6 Å². The van der Waals surface area contributed by atoms with Gasteiger partial charge in [-0.1, -0.05) is 30.3 Å². The summed E-state index contributed by atoms with van der Waals surface area (Å²) in [6.45, 7) is 6.90. The van der Waals surface area contributed by atoms with Crippen LogP contribution in [-0.2, 0) is 13.0 Å². The fourth-order valence-corrected chi connectivity index (χ4v) is 3.20. The third kappa shape index (κ3) is 3.60. The zero-order valence-electron chi connectivity index (χ0n) is 14.4. The molecule has 2 aromatic carbocycles. The standard InChI is InChI=1S/C20H25N3O/c1-20(2,14-22-19(24)16-8-5-9-18(21)12-16)23-11-10-15-6-3-4-7-17(15)13-23/h3-9,12H,10-11,13-14,21H2,1-2H3,(H,22,24). The molecule has 1 aliphatic rings. The predicted molar refractivity (Wildman–Crippen MR) is 97.8 cm³/mol. The second kappa shape index (κ2) is 6.65. The fourth-order valence-electron chi connectivity index (χ4n) is 3.20. The quantitative estimate of drug-likeness (QED) is 0.851. The molecule has 126 valence electrons. The summed E-state index contributed by atoms with van der Waals surface area (Å²) in [6.07, 6.45) is 1.06. The number of nitrogens with one attached hydrogen (secondary N) is 1. The van der Waals surface area contributed by atoms with Gasteiger partial charge in [0, 0.05) is 36.4 Å². The van der Waals surface area contributed by atoms with E-state index in [1.54, 1.807) is 24.3 Å². The number of benzene rings is 2. The Balaban J connectivity index is 1.63. The maximum absolute atomic E-state index is 12.3. The van der Waals surface area contributed by atoms with Crippen LogP contribution in [-0.4, -0.2) is 29.4 Å². The first-order valence-corrected chi connectivity index (χ1v) is 8.41. The third-order valence-electron chi connectivity index (χ3n) is 4.82. The van der Waals surface area contributed by atoms with E-state index in [0.29, 0.717) is 17.8 Å². The number of nitrogens with two attached hydrogens (primary N) is 1. The third-order valence-corrected chi connectivity index (χ3v) is 4.82. The summed E-state index contributed by atoms with van der Waals surface area (Å²) in [5.41, 5.74) is 9.68. The van der Waals surface area contributed by atoms with Crippen LogP contribution in [0.1, 0.15) is 35.3 Å². The fraction of sp³-hybridized carbons (Fsp3) is 0.350. The van der Waals surface area contributed by atoms with E-state index < -0.39 is 0 Å². The van der Waals surface area contributed by atoms with Crippen LogP contribution in [0.5, 0.6) is 0 Å². The highest BCUT2D eigenvalue weighted by Crippen LogP contribution is 2.25. The first-order chi connectivity index (χ1) is 11.5. The van der Waals surface area contributed by atoms with Gasteiger partial charge < -0.3 is 11.1 Å². The molecule has 0 bridgehead atoms. The molecule has 0 saturated heterocycles. The monoisotopic (exact) mass is 323 g/mol.